The zero-order valence-electron chi connectivity index (χ0n) is 15.3. The summed E-state index contributed by atoms with van der Waals surface area (Å²) >= 11 is 1.57. The minimum Gasteiger partial charge on any atom is -0.337 e. The van der Waals surface area contributed by atoms with E-state index in [1.54, 1.807) is 30.1 Å². The summed E-state index contributed by atoms with van der Waals surface area (Å²) < 4.78 is 1.94. The lowest BCUT2D eigenvalue weighted by Crippen LogP contribution is -1.93. The van der Waals surface area contributed by atoms with E-state index in [1.165, 1.54) is 0 Å². The minimum absolute atomic E-state index is 0.805. The maximum absolute atomic E-state index is 4.73. The highest BCUT2D eigenvalue weighted by Crippen LogP contribution is 2.30. The predicted molar refractivity (Wildman–Crippen MR) is 112 cm³/mol. The molecule has 7 nitrogen and oxygen atoms in total. The SMILES string of the molecule is Cc1cc2[nH]c(-c3cncn3C)nc2cc1Nc1nc(-c2cccnc2)cs1. The Morgan fingerprint density at radius 3 is 2.86 bits per heavy atom. The van der Waals surface area contributed by atoms with Crippen LogP contribution in [-0.2, 0) is 7.05 Å². The van der Waals surface area contributed by atoms with Crippen LogP contribution in [0.5, 0.6) is 0 Å². The molecule has 4 heterocycles. The van der Waals surface area contributed by atoms with Gasteiger partial charge >= 0.3 is 0 Å². The standard InChI is InChI=1S/C20H17N7S/c1-12-6-15-16(24-19(23-15)18-9-22-11-27(18)2)7-14(12)25-20-26-17(10-28-20)13-4-3-5-21-8-13/h3-11H,1-2H3,(H,23,24)(H,25,26). The Hall–Kier alpha value is -3.52. The molecular formula is C20H17N7S. The zero-order valence-corrected chi connectivity index (χ0v) is 16.2. The van der Waals surface area contributed by atoms with Crippen molar-refractivity contribution in [2.24, 2.45) is 7.05 Å². The second kappa shape index (κ2) is 6.58. The van der Waals surface area contributed by atoms with E-state index >= 15 is 0 Å². The van der Waals surface area contributed by atoms with Gasteiger partial charge < -0.3 is 14.9 Å². The number of pyridine rings is 1. The van der Waals surface area contributed by atoms with Crippen LogP contribution >= 0.6 is 11.3 Å². The maximum Gasteiger partial charge on any atom is 0.187 e. The largest absolute Gasteiger partial charge is 0.337 e. The molecule has 5 aromatic rings. The molecule has 0 radical (unpaired) electrons. The number of H-pyrrole nitrogens is 1. The fourth-order valence-corrected chi connectivity index (χ4v) is 3.83. The monoisotopic (exact) mass is 387 g/mol. The molecular weight excluding hydrogens is 370 g/mol. The number of fused-ring (bicyclic) bond motifs is 1. The van der Waals surface area contributed by atoms with Crippen molar-refractivity contribution in [3.63, 3.8) is 0 Å². The summed E-state index contributed by atoms with van der Waals surface area (Å²) in [5, 5.41) is 6.29. The third kappa shape index (κ3) is 2.93. The molecule has 0 spiro atoms. The molecule has 28 heavy (non-hydrogen) atoms. The van der Waals surface area contributed by atoms with Crippen molar-refractivity contribution in [1.82, 2.24) is 29.5 Å². The Balaban J connectivity index is 1.47. The molecule has 0 bridgehead atoms. The van der Waals surface area contributed by atoms with Gasteiger partial charge in [-0.25, -0.2) is 15.0 Å². The molecule has 0 aliphatic rings. The first kappa shape index (κ1) is 16.6. The molecule has 0 saturated heterocycles. The number of thiazole rings is 1. The Morgan fingerprint density at radius 2 is 2.07 bits per heavy atom. The van der Waals surface area contributed by atoms with Gasteiger partial charge in [0.2, 0.25) is 0 Å². The minimum atomic E-state index is 0.805. The molecule has 1 aromatic carbocycles. The van der Waals surface area contributed by atoms with Crippen LogP contribution in [0.4, 0.5) is 10.8 Å². The van der Waals surface area contributed by atoms with Crippen LogP contribution in [0, 0.1) is 6.92 Å². The number of aromatic amines is 1. The lowest BCUT2D eigenvalue weighted by atomic mass is 10.2. The van der Waals surface area contributed by atoms with Gasteiger partial charge in [0.15, 0.2) is 11.0 Å². The Kier molecular flexibility index (Phi) is 3.91. The van der Waals surface area contributed by atoms with E-state index in [2.05, 4.69) is 38.2 Å². The molecule has 0 aliphatic carbocycles. The zero-order chi connectivity index (χ0) is 19.1. The second-order valence-corrected chi connectivity index (χ2v) is 7.42. The Bertz CT molecular complexity index is 1270. The van der Waals surface area contributed by atoms with Gasteiger partial charge in [-0.2, -0.15) is 0 Å². The quantitative estimate of drug-likeness (QED) is 0.473. The predicted octanol–water partition coefficient (Wildman–Crippen LogP) is 4.53. The van der Waals surface area contributed by atoms with Gasteiger partial charge in [-0.3, -0.25) is 4.98 Å². The molecule has 138 valence electrons. The summed E-state index contributed by atoms with van der Waals surface area (Å²) in [6.07, 6.45) is 7.15. The first-order valence-corrected chi connectivity index (χ1v) is 9.65. The van der Waals surface area contributed by atoms with Crippen LogP contribution < -0.4 is 5.32 Å². The topological polar surface area (TPSA) is 84.3 Å². The normalized spacial score (nSPS) is 11.2. The van der Waals surface area contributed by atoms with Crippen molar-refractivity contribution in [2.75, 3.05) is 5.32 Å². The van der Waals surface area contributed by atoms with Crippen molar-refractivity contribution >= 4 is 33.2 Å². The highest BCUT2D eigenvalue weighted by molar-refractivity contribution is 7.14. The van der Waals surface area contributed by atoms with Gasteiger partial charge in [0, 0.05) is 36.1 Å². The third-order valence-electron chi connectivity index (χ3n) is 4.59. The van der Waals surface area contributed by atoms with Gasteiger partial charge in [-0.15, -0.1) is 11.3 Å². The molecule has 0 atom stereocenters. The van der Waals surface area contributed by atoms with Crippen molar-refractivity contribution < 1.29 is 0 Å². The van der Waals surface area contributed by atoms with Gasteiger partial charge in [0.1, 0.15) is 5.69 Å². The number of nitrogens with zero attached hydrogens (tertiary/aromatic N) is 5. The number of aryl methyl sites for hydroxylation is 2. The molecule has 0 saturated carbocycles. The fraction of sp³-hybridized carbons (Fsp3) is 0.100. The number of hydrogen-bond donors (Lipinski definition) is 2. The van der Waals surface area contributed by atoms with E-state index in [1.807, 2.05) is 41.4 Å². The molecule has 0 aliphatic heterocycles. The number of aromatic nitrogens is 6. The van der Waals surface area contributed by atoms with Crippen LogP contribution in [0.15, 0.2) is 54.6 Å². The van der Waals surface area contributed by atoms with E-state index < -0.39 is 0 Å². The number of anilines is 2. The molecule has 0 fully saturated rings. The molecule has 8 heteroatoms. The van der Waals surface area contributed by atoms with E-state index in [9.17, 15) is 0 Å². The van der Waals surface area contributed by atoms with Crippen LogP contribution in [0.1, 0.15) is 5.56 Å². The molecule has 4 aromatic heterocycles. The highest BCUT2D eigenvalue weighted by Gasteiger charge is 2.12. The van der Waals surface area contributed by atoms with Crippen LogP contribution in [0.3, 0.4) is 0 Å². The molecule has 0 amide bonds. The van der Waals surface area contributed by atoms with Crippen LogP contribution in [0.2, 0.25) is 0 Å². The molecule has 2 N–H and O–H groups in total. The van der Waals surface area contributed by atoms with Crippen molar-refractivity contribution in [3.05, 3.63) is 60.1 Å². The number of benzene rings is 1. The van der Waals surface area contributed by atoms with E-state index in [0.29, 0.717) is 0 Å². The summed E-state index contributed by atoms with van der Waals surface area (Å²) in [6, 6.07) is 8.07. The van der Waals surface area contributed by atoms with Gasteiger partial charge in [0.05, 0.1) is 29.3 Å². The molecule has 5 rings (SSSR count). The first-order chi connectivity index (χ1) is 13.7. The van der Waals surface area contributed by atoms with Crippen LogP contribution in [0.25, 0.3) is 33.8 Å². The average molecular weight is 387 g/mol. The number of hydrogen-bond acceptors (Lipinski definition) is 6. The number of nitrogens with one attached hydrogen (secondary N) is 2. The lowest BCUT2D eigenvalue weighted by molar-refractivity contribution is 0.913. The van der Waals surface area contributed by atoms with E-state index in [4.69, 9.17) is 4.98 Å². The van der Waals surface area contributed by atoms with Crippen molar-refractivity contribution in [1.29, 1.82) is 0 Å². The van der Waals surface area contributed by atoms with Crippen LogP contribution in [-0.4, -0.2) is 29.5 Å². The highest BCUT2D eigenvalue weighted by atomic mass is 32.1. The fourth-order valence-electron chi connectivity index (χ4n) is 3.10. The van der Waals surface area contributed by atoms with Crippen molar-refractivity contribution in [2.45, 2.75) is 6.92 Å². The summed E-state index contributed by atoms with van der Waals surface area (Å²) in [5.41, 5.74) is 6.87. The second-order valence-electron chi connectivity index (χ2n) is 6.56. The maximum atomic E-state index is 4.73. The summed E-state index contributed by atoms with van der Waals surface area (Å²) in [6.45, 7) is 2.07. The van der Waals surface area contributed by atoms with Gasteiger partial charge in [0.25, 0.3) is 0 Å². The third-order valence-corrected chi connectivity index (χ3v) is 5.35. The molecule has 0 unspecified atom stereocenters. The Morgan fingerprint density at radius 1 is 1.14 bits per heavy atom. The van der Waals surface area contributed by atoms with Crippen molar-refractivity contribution in [3.8, 4) is 22.8 Å². The average Bonchev–Trinajstić information content (AvgIpc) is 3.42. The summed E-state index contributed by atoms with van der Waals surface area (Å²) in [4.78, 5) is 21.1. The lowest BCUT2D eigenvalue weighted by Gasteiger charge is -2.06. The smallest absolute Gasteiger partial charge is 0.187 e. The number of rotatable bonds is 4. The Labute approximate surface area is 165 Å². The number of imidazole rings is 2. The van der Waals surface area contributed by atoms with Gasteiger partial charge in [-0.05, 0) is 36.8 Å². The summed E-state index contributed by atoms with van der Waals surface area (Å²) in [7, 11) is 1.95. The van der Waals surface area contributed by atoms with E-state index in [-0.39, 0.29) is 0 Å². The first-order valence-electron chi connectivity index (χ1n) is 8.77. The van der Waals surface area contributed by atoms with E-state index in [0.717, 1.165) is 50.2 Å². The van der Waals surface area contributed by atoms with Gasteiger partial charge in [-0.1, -0.05) is 0 Å². The summed E-state index contributed by atoms with van der Waals surface area (Å²) in [5.74, 6) is 0.805.